The lowest BCUT2D eigenvalue weighted by molar-refractivity contribution is 0.496. The van der Waals surface area contributed by atoms with Gasteiger partial charge in [0, 0.05) is 6.42 Å². The highest BCUT2D eigenvalue weighted by molar-refractivity contribution is 7.90. The van der Waals surface area contributed by atoms with Crippen LogP contribution in [0.25, 0.3) is 0 Å². The third-order valence-corrected chi connectivity index (χ3v) is 0.978. The van der Waals surface area contributed by atoms with E-state index in [1.807, 2.05) is 6.92 Å². The van der Waals surface area contributed by atoms with E-state index in [-0.39, 0.29) is 0 Å². The van der Waals surface area contributed by atoms with Crippen LogP contribution in [0.15, 0.2) is 0 Å². The molecule has 0 aromatic rings. The van der Waals surface area contributed by atoms with E-state index in [1.54, 1.807) is 5.25 Å². The van der Waals surface area contributed by atoms with Crippen LogP contribution in [0.5, 0.6) is 0 Å². The summed E-state index contributed by atoms with van der Waals surface area (Å²) in [5.74, 6) is 2.29. The Bertz CT molecular complexity index is 216. The van der Waals surface area contributed by atoms with Gasteiger partial charge in [-0.15, -0.1) is 0 Å². The van der Waals surface area contributed by atoms with Gasteiger partial charge in [-0.3, -0.25) is 4.55 Å². The first-order valence-corrected chi connectivity index (χ1v) is 3.97. The fourth-order valence-electron chi connectivity index (χ4n) is 0.267. The van der Waals surface area contributed by atoms with E-state index in [1.165, 1.54) is 0 Å². The number of hydrogen-bond donors (Lipinski definition) is 1. The van der Waals surface area contributed by atoms with E-state index < -0.39 is 10.1 Å². The van der Waals surface area contributed by atoms with Crippen molar-refractivity contribution in [2.75, 3.05) is 0 Å². The van der Waals surface area contributed by atoms with Crippen molar-refractivity contribution in [2.24, 2.45) is 0 Å². The van der Waals surface area contributed by atoms with E-state index in [0.29, 0.717) is 6.42 Å². The number of hydrogen-bond acceptors (Lipinski definition) is 2. The summed E-state index contributed by atoms with van der Waals surface area (Å²) in [7, 11) is -4.06. The molecule has 0 radical (unpaired) electrons. The molecule has 3 nitrogen and oxygen atoms in total. The maximum Gasteiger partial charge on any atom is 0.335 e. The minimum absolute atomic E-state index is 0.500. The molecule has 0 saturated carbocycles. The Balaban J connectivity index is 3.90. The van der Waals surface area contributed by atoms with Gasteiger partial charge in [0.05, 0.1) is 5.25 Å². The second-order valence-corrected chi connectivity index (χ2v) is 2.66. The fourth-order valence-corrected chi connectivity index (χ4v) is 0.552. The van der Waals surface area contributed by atoms with Crippen LogP contribution in [-0.4, -0.2) is 13.0 Å². The monoisotopic (exact) mass is 148 g/mol. The van der Waals surface area contributed by atoms with Crippen LogP contribution in [-0.2, 0) is 10.1 Å². The van der Waals surface area contributed by atoms with Gasteiger partial charge in [-0.2, -0.15) is 8.42 Å². The molecular weight excluding hydrogens is 140 g/mol. The average molecular weight is 148 g/mol. The van der Waals surface area contributed by atoms with Gasteiger partial charge >= 0.3 is 10.1 Å². The second-order valence-electron chi connectivity index (χ2n) is 1.50. The maximum atomic E-state index is 9.89. The van der Waals surface area contributed by atoms with Crippen LogP contribution >= 0.6 is 0 Å². The summed E-state index contributed by atoms with van der Waals surface area (Å²) >= 11 is 0. The van der Waals surface area contributed by atoms with Crippen LogP contribution < -0.4 is 0 Å². The lowest BCUT2D eigenvalue weighted by Gasteiger charge is -1.77. The molecule has 0 aliphatic rings. The Morgan fingerprint density at radius 3 is 2.44 bits per heavy atom. The molecule has 0 fully saturated rings. The van der Waals surface area contributed by atoms with Crippen LogP contribution in [0.3, 0.4) is 0 Å². The van der Waals surface area contributed by atoms with Gasteiger partial charge in [0.2, 0.25) is 0 Å². The second kappa shape index (κ2) is 3.49. The molecule has 0 rings (SSSR count). The molecule has 0 heterocycles. The zero-order valence-corrected chi connectivity index (χ0v) is 5.90. The molecule has 0 bridgehead atoms. The van der Waals surface area contributed by atoms with Crippen molar-refractivity contribution in [3.63, 3.8) is 0 Å². The van der Waals surface area contributed by atoms with Crippen LogP contribution in [0, 0.1) is 11.2 Å². The summed E-state index contributed by atoms with van der Waals surface area (Å²) in [6, 6.07) is 0. The van der Waals surface area contributed by atoms with Crippen LogP contribution in [0.4, 0.5) is 0 Å². The van der Waals surface area contributed by atoms with Crippen LogP contribution in [0.2, 0.25) is 0 Å². The molecule has 0 aliphatic heterocycles. The van der Waals surface area contributed by atoms with E-state index in [9.17, 15) is 8.42 Å². The van der Waals surface area contributed by atoms with E-state index in [0.717, 1.165) is 6.42 Å². The molecular formula is C5H8O3S. The zero-order valence-electron chi connectivity index (χ0n) is 5.09. The van der Waals surface area contributed by atoms with E-state index >= 15 is 0 Å². The predicted molar refractivity (Wildman–Crippen MR) is 34.2 cm³/mol. The molecule has 9 heavy (non-hydrogen) atoms. The summed E-state index contributed by atoms with van der Waals surface area (Å²) in [6.07, 6.45) is 1.29. The normalized spacial score (nSPS) is 10.0. The van der Waals surface area contributed by atoms with Gasteiger partial charge < -0.3 is 0 Å². The molecule has 4 heteroatoms. The molecule has 52 valence electrons. The summed E-state index contributed by atoms with van der Waals surface area (Å²) in [5.41, 5.74) is 0. The van der Waals surface area contributed by atoms with Crippen molar-refractivity contribution in [3.8, 4) is 11.2 Å². The van der Waals surface area contributed by atoms with Crippen molar-refractivity contribution in [1.82, 2.24) is 0 Å². The SMILES string of the molecule is CCCC#CS(=O)(=O)O. The quantitative estimate of drug-likeness (QED) is 0.438. The highest BCUT2D eigenvalue weighted by Crippen LogP contribution is 1.82. The first-order valence-electron chi connectivity index (χ1n) is 2.53. The highest BCUT2D eigenvalue weighted by atomic mass is 32.2. The molecule has 0 amide bonds. The van der Waals surface area contributed by atoms with E-state index in [2.05, 4.69) is 5.92 Å². The average Bonchev–Trinajstić information content (AvgIpc) is 1.63. The lowest BCUT2D eigenvalue weighted by atomic mass is 10.4. The number of unbranched alkanes of at least 4 members (excludes halogenated alkanes) is 1. The minimum Gasteiger partial charge on any atom is -0.276 e. The highest BCUT2D eigenvalue weighted by Gasteiger charge is 1.91. The van der Waals surface area contributed by atoms with Crippen molar-refractivity contribution >= 4 is 10.1 Å². The zero-order chi connectivity index (χ0) is 7.33. The third-order valence-electron chi connectivity index (χ3n) is 0.576. The van der Waals surface area contributed by atoms with Crippen molar-refractivity contribution < 1.29 is 13.0 Å². The molecule has 0 atom stereocenters. The maximum absolute atomic E-state index is 9.89. The summed E-state index contributed by atoms with van der Waals surface area (Å²) in [6.45, 7) is 1.87. The molecule has 1 N–H and O–H groups in total. The third kappa shape index (κ3) is 7.47. The Kier molecular flexibility index (Phi) is 3.28. The Morgan fingerprint density at radius 2 is 2.11 bits per heavy atom. The molecule has 0 aromatic carbocycles. The molecule has 0 aliphatic carbocycles. The van der Waals surface area contributed by atoms with Gasteiger partial charge in [0.25, 0.3) is 0 Å². The standard InChI is InChI=1S/C5H8O3S/c1-2-3-4-5-9(6,7)8/h2-3H2,1H3,(H,6,7,8). The van der Waals surface area contributed by atoms with Crippen LogP contribution in [0.1, 0.15) is 19.8 Å². The number of rotatable bonds is 1. The van der Waals surface area contributed by atoms with Gasteiger partial charge in [0.1, 0.15) is 0 Å². The predicted octanol–water partition coefficient (Wildman–Crippen LogP) is 0.635. The Morgan fingerprint density at radius 1 is 1.56 bits per heavy atom. The Hall–Kier alpha value is -0.530. The summed E-state index contributed by atoms with van der Waals surface area (Å²) in [4.78, 5) is 0. The smallest absolute Gasteiger partial charge is 0.276 e. The summed E-state index contributed by atoms with van der Waals surface area (Å²) < 4.78 is 27.8. The first-order chi connectivity index (χ1) is 4.06. The largest absolute Gasteiger partial charge is 0.335 e. The van der Waals surface area contributed by atoms with Gasteiger partial charge in [0.15, 0.2) is 0 Å². The molecule has 0 saturated heterocycles. The van der Waals surface area contributed by atoms with Gasteiger partial charge in [-0.1, -0.05) is 12.8 Å². The fraction of sp³-hybridized carbons (Fsp3) is 0.600. The first kappa shape index (κ1) is 8.47. The van der Waals surface area contributed by atoms with Gasteiger partial charge in [-0.25, -0.2) is 0 Å². The molecule has 0 unspecified atom stereocenters. The molecule has 0 spiro atoms. The summed E-state index contributed by atoms with van der Waals surface area (Å²) in [5, 5.41) is 1.70. The lowest BCUT2D eigenvalue weighted by Crippen LogP contribution is -1.89. The topological polar surface area (TPSA) is 54.4 Å². The van der Waals surface area contributed by atoms with Crippen molar-refractivity contribution in [2.45, 2.75) is 19.8 Å². The van der Waals surface area contributed by atoms with Crippen molar-refractivity contribution in [3.05, 3.63) is 0 Å². The molecule has 0 aromatic heterocycles. The Labute approximate surface area is 54.8 Å². The minimum atomic E-state index is -4.06. The van der Waals surface area contributed by atoms with Gasteiger partial charge in [-0.05, 0) is 6.42 Å². The van der Waals surface area contributed by atoms with Crippen molar-refractivity contribution in [1.29, 1.82) is 0 Å². The van der Waals surface area contributed by atoms with E-state index in [4.69, 9.17) is 4.55 Å².